The van der Waals surface area contributed by atoms with Gasteiger partial charge in [0.1, 0.15) is 5.76 Å². The number of likely N-dealkylation sites (N-methyl/N-ethyl adjacent to an activating group) is 1. The van der Waals surface area contributed by atoms with Crippen LogP contribution in [0.5, 0.6) is 0 Å². The van der Waals surface area contributed by atoms with E-state index in [4.69, 9.17) is 9.15 Å². The Morgan fingerprint density at radius 1 is 1.42 bits per heavy atom. The van der Waals surface area contributed by atoms with Crippen LogP contribution >= 0.6 is 0 Å². The van der Waals surface area contributed by atoms with E-state index in [9.17, 15) is 0 Å². The van der Waals surface area contributed by atoms with Gasteiger partial charge in [-0.05, 0) is 31.6 Å². The number of hydrogen-bond acceptors (Lipinski definition) is 4. The summed E-state index contributed by atoms with van der Waals surface area (Å²) in [5.74, 6) is 2.51. The highest BCUT2D eigenvalue weighted by molar-refractivity contribution is 5.79. The highest BCUT2D eigenvalue weighted by Crippen LogP contribution is 2.20. The zero-order chi connectivity index (χ0) is 17.4. The maximum atomic E-state index is 5.66. The highest BCUT2D eigenvalue weighted by Gasteiger charge is 2.23. The van der Waals surface area contributed by atoms with E-state index in [1.165, 1.54) is 0 Å². The molecule has 0 spiro atoms. The number of ether oxygens (including phenoxy) is 1. The quantitative estimate of drug-likeness (QED) is 0.583. The Morgan fingerprint density at radius 2 is 2.21 bits per heavy atom. The van der Waals surface area contributed by atoms with Gasteiger partial charge in [0.05, 0.1) is 18.9 Å². The molecule has 6 heteroatoms. The molecule has 2 rings (SSSR count). The van der Waals surface area contributed by atoms with Gasteiger partial charge in [-0.1, -0.05) is 13.8 Å². The fraction of sp³-hybridized carbons (Fsp3) is 0.722. The Bertz CT molecular complexity index is 479. The molecular formula is C18H32N4O2. The molecule has 1 saturated heterocycles. The fourth-order valence-corrected chi connectivity index (χ4v) is 3.33. The van der Waals surface area contributed by atoms with Crippen LogP contribution in [0.25, 0.3) is 0 Å². The molecule has 0 aliphatic carbocycles. The smallest absolute Gasteiger partial charge is 0.193 e. The molecule has 0 bridgehead atoms. The summed E-state index contributed by atoms with van der Waals surface area (Å²) in [4.78, 5) is 9.02. The lowest BCUT2D eigenvalue weighted by Gasteiger charge is -2.30. The van der Waals surface area contributed by atoms with Crippen LogP contribution in [0, 0.1) is 5.92 Å². The predicted octanol–water partition coefficient (Wildman–Crippen LogP) is 2.21. The second kappa shape index (κ2) is 9.69. The van der Waals surface area contributed by atoms with E-state index in [1.54, 1.807) is 6.26 Å². The summed E-state index contributed by atoms with van der Waals surface area (Å²) in [5, 5.41) is 3.51. The molecule has 0 saturated carbocycles. The molecule has 6 nitrogen and oxygen atoms in total. The maximum Gasteiger partial charge on any atom is 0.193 e. The van der Waals surface area contributed by atoms with Gasteiger partial charge in [0.15, 0.2) is 5.96 Å². The first-order valence-corrected chi connectivity index (χ1v) is 8.96. The summed E-state index contributed by atoms with van der Waals surface area (Å²) in [6, 6.07) is 4.20. The van der Waals surface area contributed by atoms with Gasteiger partial charge in [0, 0.05) is 39.7 Å². The first-order chi connectivity index (χ1) is 11.7. The lowest BCUT2D eigenvalue weighted by molar-refractivity contribution is 0.180. The largest absolute Gasteiger partial charge is 0.468 e. The molecule has 2 atom stereocenters. The van der Waals surface area contributed by atoms with E-state index in [1.807, 2.05) is 19.2 Å². The molecule has 24 heavy (non-hydrogen) atoms. The molecule has 0 radical (unpaired) electrons. The van der Waals surface area contributed by atoms with Gasteiger partial charge in [-0.2, -0.15) is 0 Å². The molecule has 0 amide bonds. The van der Waals surface area contributed by atoms with Crippen LogP contribution in [0.15, 0.2) is 27.8 Å². The van der Waals surface area contributed by atoms with Crippen LogP contribution in [0.3, 0.4) is 0 Å². The average molecular weight is 336 g/mol. The molecule has 0 aromatic carbocycles. The lowest BCUT2D eigenvalue weighted by atomic mass is 10.1. The second-order valence-corrected chi connectivity index (χ2v) is 6.29. The molecule has 2 unspecified atom stereocenters. The van der Waals surface area contributed by atoms with Crippen molar-refractivity contribution in [1.29, 1.82) is 0 Å². The molecule has 1 aromatic rings. The van der Waals surface area contributed by atoms with Crippen molar-refractivity contribution in [2.45, 2.75) is 26.3 Å². The first kappa shape index (κ1) is 18.8. The summed E-state index contributed by atoms with van der Waals surface area (Å²) in [5.41, 5.74) is 0. The summed E-state index contributed by atoms with van der Waals surface area (Å²) >= 11 is 0. The Morgan fingerprint density at radius 3 is 2.75 bits per heavy atom. The highest BCUT2D eigenvalue weighted by atomic mass is 16.5. The zero-order valence-electron chi connectivity index (χ0n) is 15.5. The minimum absolute atomic E-state index is 0.204. The van der Waals surface area contributed by atoms with E-state index in [0.717, 1.165) is 57.5 Å². The summed E-state index contributed by atoms with van der Waals surface area (Å²) in [7, 11) is 3.93. The van der Waals surface area contributed by atoms with Crippen molar-refractivity contribution >= 4 is 5.96 Å². The van der Waals surface area contributed by atoms with E-state index in [0.29, 0.717) is 5.92 Å². The van der Waals surface area contributed by atoms with Crippen molar-refractivity contribution in [3.63, 3.8) is 0 Å². The van der Waals surface area contributed by atoms with Gasteiger partial charge in [0.2, 0.25) is 0 Å². The number of hydrogen-bond donors (Lipinski definition) is 1. The fourth-order valence-electron chi connectivity index (χ4n) is 3.33. The average Bonchev–Trinajstić information content (AvgIpc) is 3.28. The molecule has 1 aliphatic heterocycles. The number of guanidine groups is 1. The Hall–Kier alpha value is -1.53. The molecule has 2 heterocycles. The third-order valence-electron chi connectivity index (χ3n) is 4.71. The SMILES string of the molecule is CCN(CC)C(CNC(=NC)N(C)CC1CCOC1)c1ccco1. The number of nitrogens with one attached hydrogen (secondary N) is 1. The van der Waals surface area contributed by atoms with Crippen LogP contribution in [-0.2, 0) is 4.74 Å². The number of aliphatic imine (C=N–C) groups is 1. The van der Waals surface area contributed by atoms with Crippen LogP contribution in [-0.4, -0.2) is 69.2 Å². The standard InChI is InChI=1S/C18H32N4O2/c1-5-22(6-2)16(17-8-7-10-24-17)12-20-18(19-3)21(4)13-15-9-11-23-14-15/h7-8,10,15-16H,5-6,9,11-14H2,1-4H3,(H,19,20). The van der Waals surface area contributed by atoms with Crippen LogP contribution in [0.4, 0.5) is 0 Å². The van der Waals surface area contributed by atoms with Crippen LogP contribution in [0.2, 0.25) is 0 Å². The van der Waals surface area contributed by atoms with Crippen molar-refractivity contribution in [2.75, 3.05) is 53.5 Å². The second-order valence-electron chi connectivity index (χ2n) is 6.29. The molecule has 1 N–H and O–H groups in total. The van der Waals surface area contributed by atoms with E-state index < -0.39 is 0 Å². The normalized spacial score (nSPS) is 19.7. The number of rotatable bonds is 8. The van der Waals surface area contributed by atoms with E-state index in [-0.39, 0.29) is 6.04 Å². The summed E-state index contributed by atoms with van der Waals surface area (Å²) in [6.45, 7) is 9.81. The molecular weight excluding hydrogens is 304 g/mol. The minimum atomic E-state index is 0.204. The van der Waals surface area contributed by atoms with Gasteiger partial charge in [0.25, 0.3) is 0 Å². The van der Waals surface area contributed by atoms with E-state index in [2.05, 4.69) is 41.0 Å². The van der Waals surface area contributed by atoms with Gasteiger partial charge >= 0.3 is 0 Å². The van der Waals surface area contributed by atoms with Gasteiger partial charge in [-0.25, -0.2) is 0 Å². The van der Waals surface area contributed by atoms with Crippen LogP contribution in [0.1, 0.15) is 32.1 Å². The lowest BCUT2D eigenvalue weighted by Crippen LogP contribution is -2.45. The van der Waals surface area contributed by atoms with Gasteiger partial charge in [-0.15, -0.1) is 0 Å². The van der Waals surface area contributed by atoms with Crippen molar-refractivity contribution in [3.8, 4) is 0 Å². The number of furan rings is 1. The first-order valence-electron chi connectivity index (χ1n) is 8.96. The molecule has 1 fully saturated rings. The molecule has 1 aliphatic rings. The molecule has 1 aromatic heterocycles. The van der Waals surface area contributed by atoms with Crippen molar-refractivity contribution in [1.82, 2.24) is 15.1 Å². The van der Waals surface area contributed by atoms with Gasteiger partial charge in [-0.3, -0.25) is 9.89 Å². The number of nitrogens with zero attached hydrogens (tertiary/aromatic N) is 3. The molecule has 136 valence electrons. The van der Waals surface area contributed by atoms with Crippen molar-refractivity contribution in [3.05, 3.63) is 24.2 Å². The zero-order valence-corrected chi connectivity index (χ0v) is 15.5. The topological polar surface area (TPSA) is 53.2 Å². The van der Waals surface area contributed by atoms with E-state index >= 15 is 0 Å². The third kappa shape index (κ3) is 4.98. The Kier molecular flexibility index (Phi) is 7.59. The summed E-state index contributed by atoms with van der Waals surface area (Å²) < 4.78 is 11.1. The van der Waals surface area contributed by atoms with Crippen molar-refractivity contribution < 1.29 is 9.15 Å². The maximum absolute atomic E-state index is 5.66. The monoisotopic (exact) mass is 336 g/mol. The van der Waals surface area contributed by atoms with Crippen LogP contribution < -0.4 is 5.32 Å². The Balaban J connectivity index is 1.95. The predicted molar refractivity (Wildman–Crippen MR) is 97.3 cm³/mol. The summed E-state index contributed by atoms with van der Waals surface area (Å²) in [6.07, 6.45) is 2.88. The minimum Gasteiger partial charge on any atom is -0.468 e. The Labute approximate surface area is 145 Å². The van der Waals surface area contributed by atoms with Crippen molar-refractivity contribution in [2.24, 2.45) is 10.9 Å². The third-order valence-corrected chi connectivity index (χ3v) is 4.71. The van der Waals surface area contributed by atoms with Gasteiger partial charge < -0.3 is 19.4 Å².